The normalized spacial score (nSPS) is 16.8. The molecule has 0 spiro atoms. The lowest BCUT2D eigenvalue weighted by molar-refractivity contribution is 0.207. The van der Waals surface area contributed by atoms with Crippen LogP contribution in [-0.4, -0.2) is 27.6 Å². The molecule has 1 aromatic heterocycles. The van der Waals surface area contributed by atoms with Crippen LogP contribution in [0, 0.1) is 20.8 Å². The third-order valence-electron chi connectivity index (χ3n) is 5.74. The van der Waals surface area contributed by atoms with Crippen LogP contribution < -0.4 is 5.32 Å². The van der Waals surface area contributed by atoms with E-state index in [0.717, 1.165) is 22.4 Å². The van der Waals surface area contributed by atoms with Gasteiger partial charge in [0.25, 0.3) is 5.89 Å². The summed E-state index contributed by atoms with van der Waals surface area (Å²) in [5.41, 5.74) is 7.08. The molecule has 1 N–H and O–H groups in total. The molecular formula is C24H26N4O2. The smallest absolute Gasteiger partial charge is 0.322 e. The second-order valence-corrected chi connectivity index (χ2v) is 7.76. The Bertz CT molecular complexity index is 1130. The molecule has 4 rings (SSSR count). The van der Waals surface area contributed by atoms with E-state index in [1.54, 1.807) is 4.90 Å². The number of nitrogens with zero attached hydrogens (tertiary/aromatic N) is 3. The summed E-state index contributed by atoms with van der Waals surface area (Å²) in [4.78, 5) is 19.1. The Morgan fingerprint density at radius 2 is 1.77 bits per heavy atom. The van der Waals surface area contributed by atoms with E-state index in [9.17, 15) is 4.79 Å². The minimum Gasteiger partial charge on any atom is -0.334 e. The minimum absolute atomic E-state index is 0.125. The Balaban J connectivity index is 1.82. The molecule has 0 radical (unpaired) electrons. The van der Waals surface area contributed by atoms with Crippen molar-refractivity contribution in [2.45, 2.75) is 40.7 Å². The van der Waals surface area contributed by atoms with Gasteiger partial charge in [0.2, 0.25) is 5.82 Å². The number of hydrogen-bond donors (Lipinski definition) is 1. The maximum absolute atomic E-state index is 12.7. The Hall–Kier alpha value is -3.41. The van der Waals surface area contributed by atoms with E-state index in [1.165, 1.54) is 16.7 Å². The summed E-state index contributed by atoms with van der Waals surface area (Å²) in [6, 6.07) is 13.7. The molecule has 154 valence electrons. The standard InChI is InChI=1S/C24H26N4O2/c1-6-28-17(5)20(21(25-24(28)29)19-12-9-15(3)16(4)13-19)23-26-22(27-30-23)18-10-7-14(2)8-11-18/h7-13,21H,6H2,1-5H3,(H,25,29). The first kappa shape index (κ1) is 19.9. The van der Waals surface area contributed by atoms with E-state index in [1.807, 2.05) is 51.1 Å². The Morgan fingerprint density at radius 3 is 2.43 bits per heavy atom. The molecule has 0 saturated heterocycles. The molecule has 6 nitrogen and oxygen atoms in total. The molecule has 3 aromatic rings. The van der Waals surface area contributed by atoms with E-state index in [-0.39, 0.29) is 12.1 Å². The van der Waals surface area contributed by atoms with Gasteiger partial charge in [0.15, 0.2) is 0 Å². The van der Waals surface area contributed by atoms with Gasteiger partial charge in [-0.15, -0.1) is 0 Å². The van der Waals surface area contributed by atoms with Crippen LogP contribution in [-0.2, 0) is 0 Å². The molecule has 2 heterocycles. The predicted octanol–water partition coefficient (Wildman–Crippen LogP) is 5.18. The van der Waals surface area contributed by atoms with E-state index >= 15 is 0 Å². The van der Waals surface area contributed by atoms with Gasteiger partial charge in [-0.2, -0.15) is 4.98 Å². The van der Waals surface area contributed by atoms with Crippen LogP contribution in [0.5, 0.6) is 0 Å². The molecule has 0 fully saturated rings. The third-order valence-corrected chi connectivity index (χ3v) is 5.74. The van der Waals surface area contributed by atoms with Crippen molar-refractivity contribution >= 4 is 11.6 Å². The van der Waals surface area contributed by atoms with E-state index in [4.69, 9.17) is 4.52 Å². The number of carbonyl (C=O) groups excluding carboxylic acids is 1. The summed E-state index contributed by atoms with van der Waals surface area (Å²) >= 11 is 0. The molecule has 1 unspecified atom stereocenters. The summed E-state index contributed by atoms with van der Waals surface area (Å²) in [5.74, 6) is 0.953. The first-order chi connectivity index (χ1) is 14.4. The zero-order chi connectivity index (χ0) is 21.4. The largest absolute Gasteiger partial charge is 0.334 e. The lowest BCUT2D eigenvalue weighted by Gasteiger charge is -2.34. The molecule has 0 bridgehead atoms. The fourth-order valence-corrected chi connectivity index (χ4v) is 3.79. The molecule has 1 atom stereocenters. The van der Waals surface area contributed by atoms with Crippen LogP contribution in [0.25, 0.3) is 17.0 Å². The first-order valence-corrected chi connectivity index (χ1v) is 10.2. The minimum atomic E-state index is -0.356. The van der Waals surface area contributed by atoms with Gasteiger partial charge in [-0.3, -0.25) is 4.90 Å². The number of nitrogens with one attached hydrogen (secondary N) is 1. The highest BCUT2D eigenvalue weighted by atomic mass is 16.5. The van der Waals surface area contributed by atoms with Gasteiger partial charge >= 0.3 is 6.03 Å². The number of amides is 2. The fourth-order valence-electron chi connectivity index (χ4n) is 3.79. The lowest BCUT2D eigenvalue weighted by atomic mass is 9.92. The summed E-state index contributed by atoms with van der Waals surface area (Å²) in [5, 5.41) is 7.32. The van der Waals surface area contributed by atoms with Crippen molar-refractivity contribution in [1.82, 2.24) is 20.4 Å². The summed E-state index contributed by atoms with van der Waals surface area (Å²) in [6.45, 7) is 10.6. The fraction of sp³-hybridized carbons (Fsp3) is 0.292. The number of urea groups is 1. The Kier molecular flexibility index (Phi) is 5.16. The highest BCUT2D eigenvalue weighted by molar-refractivity contribution is 5.86. The average molecular weight is 402 g/mol. The van der Waals surface area contributed by atoms with Gasteiger partial charge < -0.3 is 9.84 Å². The second-order valence-electron chi connectivity index (χ2n) is 7.76. The van der Waals surface area contributed by atoms with Crippen molar-refractivity contribution < 1.29 is 9.32 Å². The van der Waals surface area contributed by atoms with Crippen molar-refractivity contribution in [1.29, 1.82) is 0 Å². The average Bonchev–Trinajstić information content (AvgIpc) is 3.20. The maximum Gasteiger partial charge on any atom is 0.322 e. The number of rotatable bonds is 4. The highest BCUT2D eigenvalue weighted by Crippen LogP contribution is 2.37. The van der Waals surface area contributed by atoms with Gasteiger partial charge in [0.1, 0.15) is 0 Å². The van der Waals surface area contributed by atoms with Crippen molar-refractivity contribution in [3.05, 3.63) is 76.3 Å². The van der Waals surface area contributed by atoms with Gasteiger partial charge in [0, 0.05) is 17.8 Å². The van der Waals surface area contributed by atoms with Crippen LogP contribution in [0.4, 0.5) is 4.79 Å². The highest BCUT2D eigenvalue weighted by Gasteiger charge is 2.35. The molecule has 2 amide bonds. The number of allylic oxidation sites excluding steroid dienone is 1. The SMILES string of the molecule is CCN1C(=O)NC(c2ccc(C)c(C)c2)C(c2nc(-c3ccc(C)cc3)no2)=C1C. The van der Waals surface area contributed by atoms with Gasteiger partial charge in [0.05, 0.1) is 11.6 Å². The number of aromatic nitrogens is 2. The van der Waals surface area contributed by atoms with E-state index in [2.05, 4.69) is 41.4 Å². The molecule has 0 saturated carbocycles. The number of aryl methyl sites for hydroxylation is 3. The van der Waals surface area contributed by atoms with Gasteiger partial charge in [-0.25, -0.2) is 4.79 Å². The number of benzene rings is 2. The summed E-state index contributed by atoms with van der Waals surface area (Å²) in [6.07, 6.45) is 0. The second kappa shape index (κ2) is 7.78. The van der Waals surface area contributed by atoms with Crippen molar-refractivity contribution in [2.75, 3.05) is 6.54 Å². The topological polar surface area (TPSA) is 71.3 Å². The molecule has 6 heteroatoms. The molecular weight excluding hydrogens is 376 g/mol. The molecule has 30 heavy (non-hydrogen) atoms. The van der Waals surface area contributed by atoms with Crippen molar-refractivity contribution in [3.63, 3.8) is 0 Å². The first-order valence-electron chi connectivity index (χ1n) is 10.2. The van der Waals surface area contributed by atoms with Gasteiger partial charge in [-0.1, -0.05) is 53.2 Å². The zero-order valence-electron chi connectivity index (χ0n) is 18.0. The van der Waals surface area contributed by atoms with E-state index in [0.29, 0.717) is 18.3 Å². The third kappa shape index (κ3) is 3.49. The van der Waals surface area contributed by atoms with Crippen LogP contribution in [0.15, 0.2) is 52.7 Å². The van der Waals surface area contributed by atoms with Crippen LogP contribution in [0.3, 0.4) is 0 Å². The van der Waals surface area contributed by atoms with E-state index < -0.39 is 0 Å². The zero-order valence-corrected chi connectivity index (χ0v) is 18.0. The summed E-state index contributed by atoms with van der Waals surface area (Å²) in [7, 11) is 0. The maximum atomic E-state index is 12.7. The van der Waals surface area contributed by atoms with Crippen molar-refractivity contribution in [3.8, 4) is 11.4 Å². The van der Waals surface area contributed by atoms with Crippen LogP contribution in [0.2, 0.25) is 0 Å². The molecule has 2 aromatic carbocycles. The van der Waals surface area contributed by atoms with Crippen molar-refractivity contribution in [2.24, 2.45) is 0 Å². The van der Waals surface area contributed by atoms with Crippen LogP contribution in [0.1, 0.15) is 48.0 Å². The molecule has 1 aliphatic rings. The lowest BCUT2D eigenvalue weighted by Crippen LogP contribution is -2.45. The predicted molar refractivity (Wildman–Crippen MR) is 117 cm³/mol. The summed E-state index contributed by atoms with van der Waals surface area (Å²) < 4.78 is 5.70. The number of carbonyl (C=O) groups is 1. The van der Waals surface area contributed by atoms with Gasteiger partial charge in [-0.05, 0) is 51.3 Å². The van der Waals surface area contributed by atoms with Crippen LogP contribution >= 0.6 is 0 Å². The number of hydrogen-bond acceptors (Lipinski definition) is 4. The quantitative estimate of drug-likeness (QED) is 0.653. The monoisotopic (exact) mass is 402 g/mol. The molecule has 1 aliphatic heterocycles. The molecule has 0 aliphatic carbocycles. The Labute approximate surface area is 176 Å². The Morgan fingerprint density at radius 1 is 1.03 bits per heavy atom.